The van der Waals surface area contributed by atoms with E-state index in [1.807, 2.05) is 18.2 Å². The number of hydrogen-bond acceptors (Lipinski definition) is 4. The van der Waals surface area contributed by atoms with Crippen LogP contribution < -0.4 is 0 Å². The smallest absolute Gasteiger partial charge is 0.177 e. The Morgan fingerprint density at radius 3 is 3.12 bits per heavy atom. The summed E-state index contributed by atoms with van der Waals surface area (Å²) in [6.45, 7) is 3.76. The summed E-state index contributed by atoms with van der Waals surface area (Å²) in [5, 5.41) is 6.88. The Balaban J connectivity index is 2.04. The van der Waals surface area contributed by atoms with E-state index >= 15 is 0 Å². The molecule has 0 unspecified atom stereocenters. The number of aromatic amines is 1. The van der Waals surface area contributed by atoms with E-state index in [0.29, 0.717) is 0 Å². The van der Waals surface area contributed by atoms with E-state index in [0.717, 1.165) is 19.6 Å². The first-order chi connectivity index (χ1) is 7.78. The van der Waals surface area contributed by atoms with Crippen molar-refractivity contribution in [1.29, 1.82) is 0 Å². The number of rotatable bonds is 4. The average Bonchev–Trinajstić information content (AvgIpc) is 2.73. The molecule has 1 aromatic heterocycles. The quantitative estimate of drug-likeness (QED) is 0.666. The Hall–Kier alpha value is -0.910. The lowest BCUT2D eigenvalue weighted by Crippen LogP contribution is -1.81. The first kappa shape index (κ1) is 11.6. The van der Waals surface area contributed by atoms with Crippen LogP contribution in [0.25, 0.3) is 6.08 Å². The Labute approximate surface area is 107 Å². The van der Waals surface area contributed by atoms with Crippen LogP contribution in [0.15, 0.2) is 35.2 Å². The Morgan fingerprint density at radius 1 is 1.56 bits per heavy atom. The maximum Gasteiger partial charge on any atom is 0.177 e. The standard InChI is InChI=1S/C11H10N2S3/c1-2-8-4-3-5-9(6-8)7-15-11-13-12-10(14)16-11/h2-6H,1,7H2,(H,12,14). The molecule has 0 atom stereocenters. The predicted octanol–water partition coefficient (Wildman–Crippen LogP) is 4.14. The van der Waals surface area contributed by atoms with E-state index < -0.39 is 0 Å². The van der Waals surface area contributed by atoms with Crippen LogP contribution in [0.3, 0.4) is 0 Å². The number of thioether (sulfide) groups is 1. The largest absolute Gasteiger partial charge is 0.257 e. The number of H-pyrrole nitrogens is 1. The molecule has 2 nitrogen and oxygen atoms in total. The molecule has 0 saturated heterocycles. The molecule has 5 heteroatoms. The lowest BCUT2D eigenvalue weighted by molar-refractivity contribution is 1.00. The van der Waals surface area contributed by atoms with Crippen LogP contribution in [0.2, 0.25) is 0 Å². The van der Waals surface area contributed by atoms with Crippen LogP contribution in [0, 0.1) is 3.95 Å². The van der Waals surface area contributed by atoms with E-state index in [4.69, 9.17) is 12.2 Å². The van der Waals surface area contributed by atoms with Gasteiger partial charge in [-0.15, -0.1) is 0 Å². The molecule has 0 aliphatic heterocycles. The summed E-state index contributed by atoms with van der Waals surface area (Å²) in [5.74, 6) is 0.901. The van der Waals surface area contributed by atoms with Gasteiger partial charge in [0.05, 0.1) is 0 Å². The van der Waals surface area contributed by atoms with Crippen LogP contribution in [0.4, 0.5) is 0 Å². The highest BCUT2D eigenvalue weighted by atomic mass is 32.2. The molecule has 0 fully saturated rings. The third-order valence-corrected chi connectivity index (χ3v) is 4.27. The van der Waals surface area contributed by atoms with Gasteiger partial charge in [-0.25, -0.2) is 0 Å². The zero-order valence-electron chi connectivity index (χ0n) is 8.47. The van der Waals surface area contributed by atoms with Gasteiger partial charge >= 0.3 is 0 Å². The molecule has 1 heterocycles. The molecular weight excluding hydrogens is 256 g/mol. The summed E-state index contributed by atoms with van der Waals surface area (Å²) < 4.78 is 1.70. The number of aromatic nitrogens is 2. The number of benzene rings is 1. The summed E-state index contributed by atoms with van der Waals surface area (Å²) in [7, 11) is 0. The lowest BCUT2D eigenvalue weighted by atomic mass is 10.1. The predicted molar refractivity (Wildman–Crippen MR) is 73.4 cm³/mol. The molecule has 1 aromatic carbocycles. The van der Waals surface area contributed by atoms with Crippen LogP contribution in [-0.4, -0.2) is 10.2 Å². The van der Waals surface area contributed by atoms with Crippen molar-refractivity contribution in [3.8, 4) is 0 Å². The second-order valence-electron chi connectivity index (χ2n) is 3.12. The Bertz CT molecular complexity index is 542. The molecule has 2 aromatic rings. The van der Waals surface area contributed by atoms with E-state index in [1.165, 1.54) is 16.9 Å². The maximum absolute atomic E-state index is 4.98. The second kappa shape index (κ2) is 5.43. The van der Waals surface area contributed by atoms with Gasteiger partial charge in [-0.05, 0) is 23.3 Å². The Kier molecular flexibility index (Phi) is 3.93. The lowest BCUT2D eigenvalue weighted by Gasteiger charge is -2.00. The normalized spacial score (nSPS) is 10.2. The van der Waals surface area contributed by atoms with Gasteiger partial charge in [0, 0.05) is 5.75 Å². The van der Waals surface area contributed by atoms with Crippen molar-refractivity contribution in [3.05, 3.63) is 45.9 Å². The molecule has 0 amide bonds. The fraction of sp³-hybridized carbons (Fsp3) is 0.0909. The van der Waals surface area contributed by atoms with Gasteiger partial charge in [0.15, 0.2) is 8.29 Å². The van der Waals surface area contributed by atoms with Crippen molar-refractivity contribution < 1.29 is 0 Å². The SMILES string of the molecule is C=Cc1cccc(CSc2n[nH]c(=S)s2)c1. The first-order valence-corrected chi connectivity index (χ1v) is 6.88. The first-order valence-electron chi connectivity index (χ1n) is 4.67. The van der Waals surface area contributed by atoms with Crippen molar-refractivity contribution in [3.63, 3.8) is 0 Å². The van der Waals surface area contributed by atoms with Crippen molar-refractivity contribution >= 4 is 41.4 Å². The van der Waals surface area contributed by atoms with Crippen LogP contribution >= 0.6 is 35.3 Å². The molecule has 0 aliphatic carbocycles. The minimum absolute atomic E-state index is 0.724. The minimum atomic E-state index is 0.724. The van der Waals surface area contributed by atoms with Crippen LogP contribution in [0.1, 0.15) is 11.1 Å². The van der Waals surface area contributed by atoms with Gasteiger partial charge in [-0.3, -0.25) is 5.10 Å². The minimum Gasteiger partial charge on any atom is -0.257 e. The molecule has 0 spiro atoms. The Morgan fingerprint density at radius 2 is 2.44 bits per heavy atom. The van der Waals surface area contributed by atoms with E-state index in [9.17, 15) is 0 Å². The molecule has 0 saturated carbocycles. The van der Waals surface area contributed by atoms with Crippen molar-refractivity contribution in [2.45, 2.75) is 10.1 Å². The number of nitrogens with zero attached hydrogens (tertiary/aromatic N) is 1. The highest BCUT2D eigenvalue weighted by Crippen LogP contribution is 2.24. The van der Waals surface area contributed by atoms with Crippen LogP contribution in [-0.2, 0) is 5.75 Å². The molecular formula is C11H10N2S3. The zero-order valence-corrected chi connectivity index (χ0v) is 10.9. The van der Waals surface area contributed by atoms with Crippen molar-refractivity contribution in [2.24, 2.45) is 0 Å². The van der Waals surface area contributed by atoms with Gasteiger partial charge in [0.25, 0.3) is 0 Å². The van der Waals surface area contributed by atoms with Gasteiger partial charge in [-0.2, -0.15) is 5.10 Å². The topological polar surface area (TPSA) is 28.7 Å². The van der Waals surface area contributed by atoms with Crippen molar-refractivity contribution in [2.75, 3.05) is 0 Å². The third-order valence-electron chi connectivity index (χ3n) is 1.97. The van der Waals surface area contributed by atoms with Gasteiger partial charge in [0.1, 0.15) is 0 Å². The van der Waals surface area contributed by atoms with Crippen LogP contribution in [0.5, 0.6) is 0 Å². The molecule has 16 heavy (non-hydrogen) atoms. The fourth-order valence-electron chi connectivity index (χ4n) is 1.23. The van der Waals surface area contributed by atoms with Gasteiger partial charge in [-0.1, -0.05) is 60.0 Å². The summed E-state index contributed by atoms with van der Waals surface area (Å²) in [5.41, 5.74) is 2.41. The molecule has 0 bridgehead atoms. The number of nitrogens with one attached hydrogen (secondary N) is 1. The highest BCUT2D eigenvalue weighted by Gasteiger charge is 2.00. The molecule has 1 N–H and O–H groups in total. The molecule has 0 radical (unpaired) electrons. The molecule has 0 aliphatic rings. The molecule has 82 valence electrons. The summed E-state index contributed by atoms with van der Waals surface area (Å²) >= 11 is 8.17. The van der Waals surface area contributed by atoms with E-state index in [2.05, 4.69) is 28.9 Å². The number of hydrogen-bond donors (Lipinski definition) is 1. The average molecular weight is 266 g/mol. The zero-order chi connectivity index (χ0) is 11.4. The van der Waals surface area contributed by atoms with E-state index in [-0.39, 0.29) is 0 Å². The summed E-state index contributed by atoms with van der Waals surface area (Å²) in [6, 6.07) is 8.32. The fourth-order valence-corrected chi connectivity index (χ4v) is 3.26. The van der Waals surface area contributed by atoms with Crippen molar-refractivity contribution in [1.82, 2.24) is 10.2 Å². The van der Waals surface area contributed by atoms with Gasteiger partial charge < -0.3 is 0 Å². The van der Waals surface area contributed by atoms with E-state index in [1.54, 1.807) is 11.8 Å². The highest BCUT2D eigenvalue weighted by molar-refractivity contribution is 8.00. The van der Waals surface area contributed by atoms with Gasteiger partial charge in [0.2, 0.25) is 0 Å². The molecule has 2 rings (SSSR count). The second-order valence-corrected chi connectivity index (χ2v) is 6.01. The monoisotopic (exact) mass is 266 g/mol. The summed E-state index contributed by atoms with van der Waals surface area (Å²) in [4.78, 5) is 0. The third kappa shape index (κ3) is 3.04. The summed E-state index contributed by atoms with van der Waals surface area (Å²) in [6.07, 6.45) is 1.85. The maximum atomic E-state index is 4.98.